The fraction of sp³-hybridized carbons (Fsp3) is 0.778. The van der Waals surface area contributed by atoms with Gasteiger partial charge in [-0.3, -0.25) is 9.59 Å². The maximum atomic E-state index is 10.2. The Kier molecular flexibility index (Phi) is 35.1. The first-order chi connectivity index (χ1) is 24.0. The van der Waals surface area contributed by atoms with E-state index in [9.17, 15) is 19.2 Å². The molecule has 0 spiro atoms. The van der Waals surface area contributed by atoms with Crippen molar-refractivity contribution in [2.45, 2.75) is 119 Å². The van der Waals surface area contributed by atoms with Crippen LogP contribution in [-0.4, -0.2) is 123 Å². The first-order valence-electron chi connectivity index (χ1n) is 17.1. The third kappa shape index (κ3) is 45.1. The predicted octanol–water partition coefficient (Wildman–Crippen LogP) is 5.51. The Morgan fingerprint density at radius 3 is 0.808 bits per heavy atom. The van der Waals surface area contributed by atoms with Crippen LogP contribution >= 0.6 is 0 Å². The van der Waals surface area contributed by atoms with Gasteiger partial charge in [0.05, 0.1) is 66.1 Å². The van der Waals surface area contributed by atoms with Crippen molar-refractivity contribution >= 4 is 23.9 Å². The molecule has 0 radical (unpaired) electrons. The quantitative estimate of drug-likeness (QED) is 0.254. The van der Waals surface area contributed by atoms with Crippen LogP contribution < -0.4 is 0 Å². The van der Waals surface area contributed by atoms with E-state index in [0.717, 1.165) is 65.0 Å². The molecule has 0 aromatic rings. The van der Waals surface area contributed by atoms with Gasteiger partial charge in [-0.2, -0.15) is 0 Å². The van der Waals surface area contributed by atoms with Gasteiger partial charge in [0.15, 0.2) is 23.1 Å². The molecule has 0 atom stereocenters. The van der Waals surface area contributed by atoms with Crippen molar-refractivity contribution in [3.8, 4) is 0 Å². The summed E-state index contributed by atoms with van der Waals surface area (Å²) < 4.78 is 49.9. The summed E-state index contributed by atoms with van der Waals surface area (Å²) in [5.74, 6) is -3.43. The number of carboxylic acids is 2. The largest absolute Gasteiger partial charge is 0.481 e. The second kappa shape index (κ2) is 32.7. The molecule has 0 aliphatic carbocycles. The summed E-state index contributed by atoms with van der Waals surface area (Å²) in [6.45, 7) is 35.3. The van der Waals surface area contributed by atoms with Gasteiger partial charge in [0.2, 0.25) is 0 Å². The van der Waals surface area contributed by atoms with Crippen LogP contribution in [0, 0.1) is 0 Å². The predicted molar refractivity (Wildman–Crippen MR) is 193 cm³/mol. The molecule has 0 bridgehead atoms. The van der Waals surface area contributed by atoms with Crippen LogP contribution in [0.1, 0.15) is 95.9 Å². The molecule has 4 rings (SSSR count). The van der Waals surface area contributed by atoms with Crippen molar-refractivity contribution < 1.29 is 76.8 Å². The zero-order valence-corrected chi connectivity index (χ0v) is 33.7. The average Bonchev–Trinajstić information content (AvgIpc) is 3.88. The second-order valence-corrected chi connectivity index (χ2v) is 11.8. The number of aliphatic carboxylic acids is 2. The van der Waals surface area contributed by atoms with Crippen molar-refractivity contribution in [3.63, 3.8) is 0 Å². The molecule has 0 saturated carbocycles. The molecule has 16 heteroatoms. The number of rotatable bonds is 6. The molecule has 4 saturated heterocycles. The van der Waals surface area contributed by atoms with Crippen molar-refractivity contribution in [1.82, 2.24) is 0 Å². The topological polar surface area (TPSA) is 201 Å². The summed E-state index contributed by atoms with van der Waals surface area (Å²) in [5, 5.41) is 15.3. The van der Waals surface area contributed by atoms with E-state index >= 15 is 0 Å². The number of ether oxygens (including phenoxy) is 10. The molecular formula is C36H68O16. The van der Waals surface area contributed by atoms with Crippen LogP contribution in [0.25, 0.3) is 0 Å². The maximum absolute atomic E-state index is 10.2. The lowest BCUT2D eigenvalue weighted by molar-refractivity contribution is -0.143. The van der Waals surface area contributed by atoms with Gasteiger partial charge in [-0.05, 0) is 69.2 Å². The van der Waals surface area contributed by atoms with Crippen molar-refractivity contribution in [1.29, 1.82) is 0 Å². The molecule has 52 heavy (non-hydrogen) atoms. The van der Waals surface area contributed by atoms with Crippen molar-refractivity contribution in [2.75, 3.05) is 66.1 Å². The van der Waals surface area contributed by atoms with Crippen LogP contribution in [0.3, 0.4) is 0 Å². The summed E-state index contributed by atoms with van der Waals surface area (Å²) in [6, 6.07) is 0. The number of carboxylic acid groups (broad SMARTS) is 2. The summed E-state index contributed by atoms with van der Waals surface area (Å²) in [7, 11) is 0. The smallest absolute Gasteiger partial charge is 0.330 e. The van der Waals surface area contributed by atoms with E-state index in [4.69, 9.17) is 48.1 Å². The molecule has 4 fully saturated rings. The summed E-state index contributed by atoms with van der Waals surface area (Å²) >= 11 is 0. The van der Waals surface area contributed by atoms with E-state index in [2.05, 4.69) is 22.6 Å². The lowest BCUT2D eigenvalue weighted by atomic mass is 10.4. The molecule has 16 nitrogen and oxygen atoms in total. The molecular weight excluding hydrogens is 688 g/mol. The Hall–Kier alpha value is -2.96. The van der Waals surface area contributed by atoms with E-state index in [-0.39, 0.29) is 41.5 Å². The highest BCUT2D eigenvalue weighted by Gasteiger charge is 2.25. The van der Waals surface area contributed by atoms with Crippen LogP contribution in [0.4, 0.5) is 0 Å². The monoisotopic (exact) mass is 756 g/mol. The maximum Gasteiger partial charge on any atom is 0.330 e. The number of carbonyl (C=O) groups excluding carboxylic acids is 2. The standard InChI is InChI=1S/5C5H10O2.C5H8O2.C3H6O2.C3H4O2/c4*1-5(2)6-3-4-7-5;2*1-3-5(6)7-4-2;2*1-2-3(4)5/h5*3-4H2,1-2H3;3H,1,4H2,2H3;2H2,1H3,(H,4,5);2H,1H2,(H,4,5). The van der Waals surface area contributed by atoms with Gasteiger partial charge >= 0.3 is 23.9 Å². The van der Waals surface area contributed by atoms with Crippen molar-refractivity contribution in [3.05, 3.63) is 25.3 Å². The number of hydrogen-bond donors (Lipinski definition) is 2. The van der Waals surface area contributed by atoms with Gasteiger partial charge in [-0.15, -0.1) is 0 Å². The second-order valence-electron chi connectivity index (χ2n) is 11.8. The fourth-order valence-electron chi connectivity index (χ4n) is 2.93. The molecule has 4 heterocycles. The Morgan fingerprint density at radius 1 is 0.519 bits per heavy atom. The first-order valence-corrected chi connectivity index (χ1v) is 17.1. The van der Waals surface area contributed by atoms with E-state index in [1.165, 1.54) is 0 Å². The lowest BCUT2D eigenvalue weighted by Crippen LogP contribution is -2.18. The minimum Gasteiger partial charge on any atom is -0.481 e. The number of carbonyl (C=O) groups is 4. The highest BCUT2D eigenvalue weighted by atomic mass is 16.7. The summed E-state index contributed by atoms with van der Waals surface area (Å²) in [6.07, 6.45) is 2.68. The molecule has 0 amide bonds. The van der Waals surface area contributed by atoms with E-state index in [1.54, 1.807) is 27.7 Å². The van der Waals surface area contributed by atoms with Gasteiger partial charge in [0, 0.05) is 25.0 Å². The Bertz CT molecular complexity index is 848. The Balaban J connectivity index is -0.000000254. The van der Waals surface area contributed by atoms with Crippen LogP contribution in [0.15, 0.2) is 25.3 Å². The van der Waals surface area contributed by atoms with Crippen LogP contribution in [0.2, 0.25) is 0 Å². The number of hydrogen-bond acceptors (Lipinski definition) is 14. The van der Waals surface area contributed by atoms with Crippen molar-refractivity contribution in [2.24, 2.45) is 0 Å². The molecule has 4 aliphatic rings. The highest BCUT2D eigenvalue weighted by molar-refractivity contribution is 5.81. The van der Waals surface area contributed by atoms with Gasteiger partial charge in [-0.1, -0.05) is 27.0 Å². The molecule has 0 aromatic carbocycles. The summed E-state index contributed by atoms with van der Waals surface area (Å²) in [5.41, 5.74) is 0. The minimum atomic E-state index is -0.981. The van der Waals surface area contributed by atoms with Crippen LogP contribution in [-0.2, 0) is 66.5 Å². The molecule has 308 valence electrons. The Morgan fingerprint density at radius 2 is 0.750 bits per heavy atom. The minimum absolute atomic E-state index is 0.123. The van der Waals surface area contributed by atoms with E-state index in [0.29, 0.717) is 19.6 Å². The van der Waals surface area contributed by atoms with E-state index in [1.807, 2.05) is 55.4 Å². The van der Waals surface area contributed by atoms with E-state index < -0.39 is 11.9 Å². The fourth-order valence-corrected chi connectivity index (χ4v) is 2.93. The molecule has 0 aromatic heterocycles. The van der Waals surface area contributed by atoms with Gasteiger partial charge in [-0.25, -0.2) is 9.59 Å². The van der Waals surface area contributed by atoms with Crippen LogP contribution in [0.5, 0.6) is 0 Å². The zero-order valence-electron chi connectivity index (χ0n) is 33.7. The summed E-state index contributed by atoms with van der Waals surface area (Å²) in [4.78, 5) is 38.9. The highest BCUT2D eigenvalue weighted by Crippen LogP contribution is 2.17. The third-order valence-electron chi connectivity index (χ3n) is 5.45. The van der Waals surface area contributed by atoms with Gasteiger partial charge in [0.25, 0.3) is 0 Å². The zero-order chi connectivity index (χ0) is 41.3. The Labute approximate surface area is 311 Å². The first kappa shape index (κ1) is 55.8. The number of esters is 2. The SMILES string of the molecule is C=CC(=O)O.C=CC(=O)OCC.CC1(C)OCCO1.CC1(C)OCCO1.CC1(C)OCCO1.CC1(C)OCCO1.CCC(=O)O.CCOC(=O)CC. The average molecular weight is 757 g/mol. The normalized spacial score (nSPS) is 18.7. The molecule has 2 N–H and O–H groups in total. The van der Waals surface area contributed by atoms with Gasteiger partial charge in [0.1, 0.15) is 0 Å². The lowest BCUT2D eigenvalue weighted by Gasteiger charge is -2.13. The molecule has 4 aliphatic heterocycles. The molecule has 0 unspecified atom stereocenters. The van der Waals surface area contributed by atoms with Gasteiger partial charge < -0.3 is 57.6 Å². The third-order valence-corrected chi connectivity index (χ3v) is 5.45.